The van der Waals surface area contributed by atoms with E-state index in [2.05, 4.69) is 23.4 Å². The number of aromatic nitrogens is 2. The van der Waals surface area contributed by atoms with E-state index < -0.39 is 0 Å². The fourth-order valence-corrected chi connectivity index (χ4v) is 4.97. The number of hydrogen-bond acceptors (Lipinski definition) is 2. The van der Waals surface area contributed by atoms with Crippen LogP contribution in [0.2, 0.25) is 0 Å². The number of carbonyl (C=O) groups excluding carboxylic acids is 1. The maximum absolute atomic E-state index is 13.3. The molecule has 0 saturated heterocycles. The molecule has 0 aliphatic heterocycles. The number of allylic oxidation sites excluding steroid dienone is 1. The van der Waals surface area contributed by atoms with Crippen molar-refractivity contribution in [3.63, 3.8) is 0 Å². The Morgan fingerprint density at radius 1 is 1.29 bits per heavy atom. The molecule has 1 heterocycles. The molecule has 0 spiro atoms. The van der Waals surface area contributed by atoms with Crippen LogP contribution in [0.15, 0.2) is 36.0 Å². The third kappa shape index (κ3) is 2.97. The molecule has 0 bridgehead atoms. The fourth-order valence-electron chi connectivity index (χ4n) is 4.97. The van der Waals surface area contributed by atoms with Crippen molar-refractivity contribution in [2.75, 3.05) is 6.54 Å². The number of hydrogen-bond donors (Lipinski definition) is 1. The summed E-state index contributed by atoms with van der Waals surface area (Å²) in [5.74, 6) is 0.718. The van der Waals surface area contributed by atoms with E-state index in [4.69, 9.17) is 0 Å². The summed E-state index contributed by atoms with van der Waals surface area (Å²) in [6, 6.07) is 6.49. The summed E-state index contributed by atoms with van der Waals surface area (Å²) in [4.78, 5) is 12.1. The minimum Gasteiger partial charge on any atom is -0.356 e. The Morgan fingerprint density at radius 2 is 2.07 bits per heavy atom. The summed E-state index contributed by atoms with van der Waals surface area (Å²) in [6.45, 7) is 3.12. The van der Waals surface area contributed by atoms with Crippen molar-refractivity contribution in [1.82, 2.24) is 15.1 Å². The lowest BCUT2D eigenvalue weighted by Gasteiger charge is -2.46. The molecule has 1 aromatic heterocycles. The van der Waals surface area contributed by atoms with E-state index >= 15 is 0 Å². The molecule has 2 atom stereocenters. The van der Waals surface area contributed by atoms with Gasteiger partial charge in [-0.3, -0.25) is 4.79 Å². The first-order valence-corrected chi connectivity index (χ1v) is 10.4. The van der Waals surface area contributed by atoms with E-state index in [-0.39, 0.29) is 23.1 Å². The number of fused-ring (bicyclic) bond motifs is 2. The maximum Gasteiger partial charge on any atom is 0.223 e. The quantitative estimate of drug-likeness (QED) is 0.862. The van der Waals surface area contributed by atoms with Crippen LogP contribution in [-0.4, -0.2) is 22.2 Å². The highest BCUT2D eigenvalue weighted by Gasteiger charge is 2.43. The number of halogens is 1. The Labute approximate surface area is 164 Å². The zero-order chi connectivity index (χ0) is 19.3. The second-order valence-corrected chi connectivity index (χ2v) is 8.82. The highest BCUT2D eigenvalue weighted by molar-refractivity contribution is 5.80. The van der Waals surface area contributed by atoms with E-state index in [0.717, 1.165) is 56.5 Å². The summed E-state index contributed by atoms with van der Waals surface area (Å²) in [5.41, 5.74) is 4.75. The first-order chi connectivity index (χ1) is 13.5. The smallest absolute Gasteiger partial charge is 0.223 e. The number of rotatable bonds is 4. The maximum atomic E-state index is 13.3. The molecule has 1 amide bonds. The van der Waals surface area contributed by atoms with Crippen molar-refractivity contribution < 1.29 is 9.18 Å². The van der Waals surface area contributed by atoms with Crippen LogP contribution < -0.4 is 5.32 Å². The zero-order valence-electron chi connectivity index (χ0n) is 16.2. The van der Waals surface area contributed by atoms with Gasteiger partial charge < -0.3 is 5.32 Å². The summed E-state index contributed by atoms with van der Waals surface area (Å²) in [6.07, 6.45) is 10.7. The number of nitrogens with zero attached hydrogens (tertiary/aromatic N) is 2. The molecular formula is C23H26FN3O. The first kappa shape index (κ1) is 17.7. The Hall–Kier alpha value is -2.43. The topological polar surface area (TPSA) is 46.9 Å². The van der Waals surface area contributed by atoms with Gasteiger partial charge in [-0.1, -0.05) is 12.5 Å². The molecule has 146 valence electrons. The highest BCUT2D eigenvalue weighted by Crippen LogP contribution is 2.51. The zero-order valence-corrected chi connectivity index (χ0v) is 16.2. The van der Waals surface area contributed by atoms with Crippen LogP contribution in [-0.2, 0) is 11.2 Å². The van der Waals surface area contributed by atoms with Crippen molar-refractivity contribution in [2.24, 2.45) is 17.3 Å². The number of carbonyl (C=O) groups is 1. The van der Waals surface area contributed by atoms with Gasteiger partial charge in [0, 0.05) is 12.5 Å². The van der Waals surface area contributed by atoms with Crippen molar-refractivity contribution in [3.8, 4) is 5.69 Å². The minimum absolute atomic E-state index is 0.0682. The Balaban J connectivity index is 1.42. The SMILES string of the molecule is C[C@]12Cc3cnn(-c4ccc(F)cc4)c3C=C1CCC[C@@H]2CNC(=O)C1CC1. The molecule has 2 saturated carbocycles. The Kier molecular flexibility index (Phi) is 4.14. The summed E-state index contributed by atoms with van der Waals surface area (Å²) < 4.78 is 15.2. The van der Waals surface area contributed by atoms with Gasteiger partial charge >= 0.3 is 0 Å². The largest absolute Gasteiger partial charge is 0.356 e. The van der Waals surface area contributed by atoms with Gasteiger partial charge in [0.15, 0.2) is 0 Å². The third-order valence-electron chi connectivity index (χ3n) is 6.93. The van der Waals surface area contributed by atoms with Crippen molar-refractivity contribution in [2.45, 2.75) is 45.4 Å². The summed E-state index contributed by atoms with van der Waals surface area (Å²) >= 11 is 0. The molecule has 0 unspecified atom stereocenters. The molecule has 1 N–H and O–H groups in total. The van der Waals surface area contributed by atoms with Gasteiger partial charge in [0.1, 0.15) is 5.82 Å². The first-order valence-electron chi connectivity index (χ1n) is 10.4. The molecule has 1 aromatic carbocycles. The molecule has 3 aliphatic rings. The van der Waals surface area contributed by atoms with E-state index in [9.17, 15) is 9.18 Å². The molecule has 5 heteroatoms. The van der Waals surface area contributed by atoms with Crippen LogP contribution in [0.5, 0.6) is 0 Å². The predicted octanol–water partition coefficient (Wildman–Crippen LogP) is 4.28. The average molecular weight is 379 g/mol. The normalized spacial score (nSPS) is 26.2. The van der Waals surface area contributed by atoms with Gasteiger partial charge in [-0.15, -0.1) is 0 Å². The second kappa shape index (κ2) is 6.57. The second-order valence-electron chi connectivity index (χ2n) is 8.82. The predicted molar refractivity (Wildman–Crippen MR) is 106 cm³/mol. The lowest BCUT2D eigenvalue weighted by atomic mass is 9.60. The van der Waals surface area contributed by atoms with Crippen LogP contribution in [0.3, 0.4) is 0 Å². The van der Waals surface area contributed by atoms with E-state index in [1.54, 1.807) is 12.1 Å². The lowest BCUT2D eigenvalue weighted by Crippen LogP contribution is -2.43. The van der Waals surface area contributed by atoms with Gasteiger partial charge in [-0.05, 0) is 85.8 Å². The van der Waals surface area contributed by atoms with Crippen molar-refractivity contribution >= 4 is 12.0 Å². The number of benzene rings is 1. The van der Waals surface area contributed by atoms with Crippen LogP contribution in [0.25, 0.3) is 11.8 Å². The fraction of sp³-hybridized carbons (Fsp3) is 0.478. The van der Waals surface area contributed by atoms with Gasteiger partial charge in [0.05, 0.1) is 17.6 Å². The monoisotopic (exact) mass is 379 g/mol. The molecular weight excluding hydrogens is 353 g/mol. The van der Waals surface area contributed by atoms with Crippen LogP contribution in [0, 0.1) is 23.1 Å². The number of amides is 1. The molecule has 3 aliphatic carbocycles. The van der Waals surface area contributed by atoms with E-state index in [1.165, 1.54) is 23.3 Å². The molecule has 2 fully saturated rings. The van der Waals surface area contributed by atoms with Crippen molar-refractivity contribution in [3.05, 3.63) is 53.1 Å². The molecule has 28 heavy (non-hydrogen) atoms. The lowest BCUT2D eigenvalue weighted by molar-refractivity contribution is -0.122. The van der Waals surface area contributed by atoms with E-state index in [0.29, 0.717) is 5.92 Å². The summed E-state index contributed by atoms with van der Waals surface area (Å²) in [5, 5.41) is 7.81. The van der Waals surface area contributed by atoms with Crippen molar-refractivity contribution in [1.29, 1.82) is 0 Å². The van der Waals surface area contributed by atoms with Gasteiger partial charge in [-0.25, -0.2) is 9.07 Å². The average Bonchev–Trinajstić information content (AvgIpc) is 3.46. The molecule has 0 radical (unpaired) electrons. The van der Waals surface area contributed by atoms with Gasteiger partial charge in [-0.2, -0.15) is 5.10 Å². The molecule has 4 nitrogen and oxygen atoms in total. The van der Waals surface area contributed by atoms with Gasteiger partial charge in [0.2, 0.25) is 5.91 Å². The highest BCUT2D eigenvalue weighted by atomic mass is 19.1. The minimum atomic E-state index is -0.237. The third-order valence-corrected chi connectivity index (χ3v) is 6.93. The van der Waals surface area contributed by atoms with Crippen LogP contribution >= 0.6 is 0 Å². The van der Waals surface area contributed by atoms with Crippen LogP contribution in [0.4, 0.5) is 4.39 Å². The summed E-state index contributed by atoms with van der Waals surface area (Å²) in [7, 11) is 0. The van der Waals surface area contributed by atoms with E-state index in [1.807, 2.05) is 10.9 Å². The Morgan fingerprint density at radius 3 is 2.82 bits per heavy atom. The molecule has 5 rings (SSSR count). The molecule has 2 aromatic rings. The standard InChI is InChI=1S/C23H26FN3O/c1-23-12-16-13-26-27(20-9-7-19(24)8-10-20)21(16)11-17(23)3-2-4-18(23)14-25-22(28)15-5-6-15/h7-11,13,15,18H,2-6,12,14H2,1H3,(H,25,28)/t18-,23+/m1/s1. The van der Waals surface area contributed by atoms with Gasteiger partial charge in [0.25, 0.3) is 0 Å². The van der Waals surface area contributed by atoms with Crippen LogP contribution in [0.1, 0.15) is 50.3 Å². The number of nitrogens with one attached hydrogen (secondary N) is 1. The Bertz CT molecular complexity index is 941.